The zero-order valence-electron chi connectivity index (χ0n) is 23.7. The van der Waals surface area contributed by atoms with E-state index in [1.54, 1.807) is 9.80 Å². The summed E-state index contributed by atoms with van der Waals surface area (Å²) >= 11 is 0. The van der Waals surface area contributed by atoms with Crippen molar-refractivity contribution in [1.82, 2.24) is 9.80 Å². The van der Waals surface area contributed by atoms with Gasteiger partial charge in [-0.3, -0.25) is 4.79 Å². The third-order valence-electron chi connectivity index (χ3n) is 8.47. The summed E-state index contributed by atoms with van der Waals surface area (Å²) < 4.78 is 11.6. The van der Waals surface area contributed by atoms with Crippen molar-refractivity contribution in [3.05, 3.63) is 59.7 Å². The molecule has 1 heterocycles. The number of carbonyl (C=O) groups excluding carboxylic acids is 2. The predicted molar refractivity (Wildman–Crippen MR) is 151 cm³/mol. The zero-order chi connectivity index (χ0) is 28.4. The minimum atomic E-state index is -0.875. The van der Waals surface area contributed by atoms with Crippen LogP contribution in [-0.2, 0) is 14.3 Å². The summed E-state index contributed by atoms with van der Waals surface area (Å²) in [5.41, 5.74) is 4.11. The Balaban J connectivity index is 1.26. The smallest absolute Gasteiger partial charge is 0.410 e. The van der Waals surface area contributed by atoms with Crippen LogP contribution < -0.4 is 0 Å². The van der Waals surface area contributed by atoms with Crippen LogP contribution in [0.3, 0.4) is 0 Å². The molecule has 0 aromatic heterocycles. The minimum Gasteiger partial charge on any atom is -0.481 e. The molecule has 2 aromatic rings. The second-order valence-corrected chi connectivity index (χ2v) is 12.4. The largest absolute Gasteiger partial charge is 0.481 e. The maximum atomic E-state index is 13.6. The average Bonchev–Trinajstić information content (AvgIpc) is 3.48. The number of ether oxygens (including phenoxy) is 2. The first-order valence-corrected chi connectivity index (χ1v) is 14.4. The molecule has 2 aromatic carbocycles. The molecule has 1 N–H and O–H groups in total. The molecule has 0 spiro atoms. The number of hydrogen-bond donors (Lipinski definition) is 1. The van der Waals surface area contributed by atoms with Crippen molar-refractivity contribution in [1.29, 1.82) is 0 Å². The van der Waals surface area contributed by atoms with Gasteiger partial charge in [0.2, 0.25) is 0 Å². The molecule has 40 heavy (non-hydrogen) atoms. The highest BCUT2D eigenvalue weighted by atomic mass is 16.6. The van der Waals surface area contributed by atoms with Crippen molar-refractivity contribution in [2.24, 2.45) is 11.8 Å². The summed E-state index contributed by atoms with van der Waals surface area (Å²) in [5, 5.41) is 9.21. The molecule has 214 valence electrons. The Morgan fingerprint density at radius 1 is 0.950 bits per heavy atom. The van der Waals surface area contributed by atoms with Gasteiger partial charge in [-0.05, 0) is 80.5 Å². The third-order valence-corrected chi connectivity index (χ3v) is 8.47. The monoisotopic (exact) mass is 548 g/mol. The highest BCUT2D eigenvalue weighted by Gasteiger charge is 2.43. The SMILES string of the molecule is CC(C)(C)OC(=O)N1CC2CCC(N(CCCC(=O)O)C(=O)OCC3c4ccccc4-c4ccccc43)CC2C1. The van der Waals surface area contributed by atoms with Crippen LogP contribution in [0.5, 0.6) is 0 Å². The van der Waals surface area contributed by atoms with E-state index in [0.717, 1.165) is 30.4 Å². The van der Waals surface area contributed by atoms with Gasteiger partial charge in [0.15, 0.2) is 0 Å². The van der Waals surface area contributed by atoms with E-state index in [1.165, 1.54) is 11.1 Å². The molecule has 1 saturated heterocycles. The van der Waals surface area contributed by atoms with Gasteiger partial charge in [0.1, 0.15) is 12.2 Å². The fourth-order valence-electron chi connectivity index (χ4n) is 6.67. The van der Waals surface area contributed by atoms with E-state index >= 15 is 0 Å². The van der Waals surface area contributed by atoms with Crippen molar-refractivity contribution in [2.75, 3.05) is 26.2 Å². The molecule has 3 unspecified atom stereocenters. The highest BCUT2D eigenvalue weighted by molar-refractivity contribution is 5.79. The lowest BCUT2D eigenvalue weighted by Crippen LogP contribution is -2.45. The highest BCUT2D eigenvalue weighted by Crippen LogP contribution is 2.45. The fourth-order valence-corrected chi connectivity index (χ4v) is 6.67. The number of fused-ring (bicyclic) bond motifs is 4. The number of carbonyl (C=O) groups is 3. The summed E-state index contributed by atoms with van der Waals surface area (Å²) in [7, 11) is 0. The van der Waals surface area contributed by atoms with Gasteiger partial charge in [0.05, 0.1) is 0 Å². The van der Waals surface area contributed by atoms with Crippen molar-refractivity contribution < 1.29 is 29.0 Å². The first-order valence-electron chi connectivity index (χ1n) is 14.4. The van der Waals surface area contributed by atoms with Crippen LogP contribution in [0, 0.1) is 11.8 Å². The molecule has 8 heteroatoms. The molecule has 0 bridgehead atoms. The Hall–Kier alpha value is -3.55. The van der Waals surface area contributed by atoms with Gasteiger partial charge in [0.25, 0.3) is 0 Å². The van der Waals surface area contributed by atoms with E-state index in [1.807, 2.05) is 45.0 Å². The Kier molecular flexibility index (Phi) is 8.06. The normalized spacial score (nSPS) is 21.8. The van der Waals surface area contributed by atoms with Crippen molar-refractivity contribution in [3.63, 3.8) is 0 Å². The first kappa shape index (κ1) is 28.0. The van der Waals surface area contributed by atoms with Gasteiger partial charge in [-0.15, -0.1) is 0 Å². The topological polar surface area (TPSA) is 96.4 Å². The molecular formula is C32H40N2O6. The number of hydrogen-bond acceptors (Lipinski definition) is 5. The van der Waals surface area contributed by atoms with Crippen LogP contribution in [-0.4, -0.2) is 70.9 Å². The molecule has 0 radical (unpaired) electrons. The number of aliphatic carboxylic acids is 1. The van der Waals surface area contributed by atoms with Crippen molar-refractivity contribution in [3.8, 4) is 11.1 Å². The molecule has 2 aliphatic carbocycles. The van der Waals surface area contributed by atoms with Crippen molar-refractivity contribution >= 4 is 18.2 Å². The summed E-state index contributed by atoms with van der Waals surface area (Å²) in [4.78, 5) is 41.0. The van der Waals surface area contributed by atoms with Crippen LogP contribution >= 0.6 is 0 Å². The number of benzene rings is 2. The van der Waals surface area contributed by atoms with Crippen LogP contribution in [0.15, 0.2) is 48.5 Å². The number of carboxylic acids is 1. The van der Waals surface area contributed by atoms with Gasteiger partial charge in [0, 0.05) is 38.0 Å². The zero-order valence-corrected chi connectivity index (χ0v) is 23.7. The van der Waals surface area contributed by atoms with E-state index in [2.05, 4.69) is 24.3 Å². The number of likely N-dealkylation sites (tertiary alicyclic amines) is 1. The molecule has 3 aliphatic rings. The molecule has 3 atom stereocenters. The first-order chi connectivity index (χ1) is 19.1. The average molecular weight is 549 g/mol. The molecular weight excluding hydrogens is 508 g/mol. The Labute approximate surface area is 236 Å². The fraction of sp³-hybridized carbons (Fsp3) is 0.531. The number of nitrogens with zero attached hydrogens (tertiary/aromatic N) is 2. The Bertz CT molecular complexity index is 1210. The van der Waals surface area contributed by atoms with Gasteiger partial charge in [-0.1, -0.05) is 48.5 Å². The Morgan fingerprint density at radius 3 is 2.20 bits per heavy atom. The third kappa shape index (κ3) is 6.11. The van der Waals surface area contributed by atoms with Crippen LogP contribution in [0.4, 0.5) is 9.59 Å². The van der Waals surface area contributed by atoms with E-state index in [-0.39, 0.29) is 37.0 Å². The second kappa shape index (κ2) is 11.5. The van der Waals surface area contributed by atoms with E-state index in [4.69, 9.17) is 9.47 Å². The maximum Gasteiger partial charge on any atom is 0.410 e. The van der Waals surface area contributed by atoms with Gasteiger partial charge in [-0.2, -0.15) is 0 Å². The number of rotatable bonds is 7. The molecule has 8 nitrogen and oxygen atoms in total. The van der Waals surface area contributed by atoms with Crippen LogP contribution in [0.25, 0.3) is 11.1 Å². The van der Waals surface area contributed by atoms with E-state index in [0.29, 0.717) is 32.0 Å². The standard InChI is InChI=1S/C32H40N2O6/c1-32(2,3)40-30(37)33-18-21-14-15-23(17-22(21)19-33)34(16-8-13-29(35)36)31(38)39-20-28-26-11-6-4-9-24(26)25-10-5-7-12-27(25)28/h4-7,9-12,21-23,28H,8,13-20H2,1-3H3,(H,35,36). The van der Waals surface area contributed by atoms with Crippen LogP contribution in [0.1, 0.15) is 69.9 Å². The van der Waals surface area contributed by atoms with Gasteiger partial charge >= 0.3 is 18.2 Å². The molecule has 1 aliphatic heterocycles. The predicted octanol–water partition coefficient (Wildman–Crippen LogP) is 6.14. The number of amides is 2. The van der Waals surface area contributed by atoms with E-state index < -0.39 is 17.7 Å². The van der Waals surface area contributed by atoms with E-state index in [9.17, 15) is 19.5 Å². The summed E-state index contributed by atoms with van der Waals surface area (Å²) in [5.74, 6) is -0.257. The van der Waals surface area contributed by atoms with Crippen LogP contribution in [0.2, 0.25) is 0 Å². The lowest BCUT2D eigenvalue weighted by molar-refractivity contribution is -0.137. The van der Waals surface area contributed by atoms with Gasteiger partial charge in [-0.25, -0.2) is 9.59 Å². The maximum absolute atomic E-state index is 13.6. The summed E-state index contributed by atoms with van der Waals surface area (Å²) in [6.07, 6.45) is 2.17. The lowest BCUT2D eigenvalue weighted by Gasteiger charge is -2.38. The van der Waals surface area contributed by atoms with Crippen molar-refractivity contribution in [2.45, 2.75) is 70.4 Å². The minimum absolute atomic E-state index is 0.00164. The summed E-state index contributed by atoms with van der Waals surface area (Å²) in [6.45, 7) is 7.46. The molecule has 5 rings (SSSR count). The quantitative estimate of drug-likeness (QED) is 0.447. The second-order valence-electron chi connectivity index (χ2n) is 12.4. The summed E-state index contributed by atoms with van der Waals surface area (Å²) in [6, 6.07) is 16.4. The lowest BCUT2D eigenvalue weighted by atomic mass is 9.78. The Morgan fingerprint density at radius 2 is 1.57 bits per heavy atom. The molecule has 1 saturated carbocycles. The number of carboxylic acid groups (broad SMARTS) is 1. The molecule has 2 fully saturated rings. The van der Waals surface area contributed by atoms with Gasteiger partial charge < -0.3 is 24.4 Å². The molecule has 2 amide bonds.